The van der Waals surface area contributed by atoms with Gasteiger partial charge in [-0.1, -0.05) is 11.2 Å². The normalized spacial score (nSPS) is 22.5. The summed E-state index contributed by atoms with van der Waals surface area (Å²) in [6.45, 7) is 0.864. The molecule has 2 aromatic rings. The number of aromatic nitrogens is 1. The predicted molar refractivity (Wildman–Crippen MR) is 90.7 cm³/mol. The third kappa shape index (κ3) is 3.58. The molecule has 1 aliphatic heterocycles. The smallest absolute Gasteiger partial charge is 0.274 e. The molecule has 1 amide bonds. The summed E-state index contributed by atoms with van der Waals surface area (Å²) in [5, 5.41) is 6.97. The van der Waals surface area contributed by atoms with Gasteiger partial charge < -0.3 is 19.3 Å². The van der Waals surface area contributed by atoms with Crippen LogP contribution in [0.25, 0.3) is 0 Å². The van der Waals surface area contributed by atoms with Crippen LogP contribution in [0.3, 0.4) is 0 Å². The Bertz CT molecular complexity index is 792. The minimum atomic E-state index is -0.391. The molecule has 1 aromatic carbocycles. The van der Waals surface area contributed by atoms with Crippen LogP contribution < -0.4 is 10.1 Å². The van der Waals surface area contributed by atoms with E-state index in [1.807, 2.05) is 0 Å². The van der Waals surface area contributed by atoms with Crippen LogP contribution in [0.5, 0.6) is 5.75 Å². The standard InChI is InChI=1S/C19H21FN2O4/c20-12-4-3-5-13(10-12)25-17-11-24-9-8-15(17)21-19(23)18-14-6-1-2-7-16(14)26-22-18/h3-5,10,15,17H,1-2,6-9,11H2,(H,21,23)/t15-,17-/m1/s1. The van der Waals surface area contributed by atoms with Crippen LogP contribution in [0.1, 0.15) is 41.1 Å². The molecule has 1 fully saturated rings. The summed E-state index contributed by atoms with van der Waals surface area (Å²) in [6.07, 6.45) is 3.98. The molecule has 138 valence electrons. The summed E-state index contributed by atoms with van der Waals surface area (Å²) < 4.78 is 30.0. The number of nitrogens with zero attached hydrogens (tertiary/aromatic N) is 1. The van der Waals surface area contributed by atoms with E-state index in [0.29, 0.717) is 31.1 Å². The fraction of sp³-hybridized carbons (Fsp3) is 0.474. The first kappa shape index (κ1) is 17.0. The van der Waals surface area contributed by atoms with Crippen molar-refractivity contribution in [1.29, 1.82) is 0 Å². The average Bonchev–Trinajstić information content (AvgIpc) is 3.08. The topological polar surface area (TPSA) is 73.6 Å². The Morgan fingerprint density at radius 3 is 3.08 bits per heavy atom. The minimum Gasteiger partial charge on any atom is -0.486 e. The van der Waals surface area contributed by atoms with Gasteiger partial charge in [0.15, 0.2) is 5.69 Å². The fourth-order valence-electron chi connectivity index (χ4n) is 3.51. The van der Waals surface area contributed by atoms with Crippen LogP contribution in [0.4, 0.5) is 4.39 Å². The number of halogens is 1. The number of benzene rings is 1. The van der Waals surface area contributed by atoms with E-state index in [9.17, 15) is 9.18 Å². The first-order valence-corrected chi connectivity index (χ1v) is 8.99. The van der Waals surface area contributed by atoms with E-state index < -0.39 is 6.10 Å². The Balaban J connectivity index is 1.46. The van der Waals surface area contributed by atoms with Crippen molar-refractivity contribution in [2.75, 3.05) is 13.2 Å². The van der Waals surface area contributed by atoms with Gasteiger partial charge in [-0.15, -0.1) is 0 Å². The maximum atomic E-state index is 13.4. The molecule has 1 N–H and O–H groups in total. The van der Waals surface area contributed by atoms with Crippen molar-refractivity contribution >= 4 is 5.91 Å². The number of fused-ring (bicyclic) bond motifs is 1. The van der Waals surface area contributed by atoms with Crippen molar-refractivity contribution in [3.8, 4) is 5.75 Å². The van der Waals surface area contributed by atoms with Crippen molar-refractivity contribution in [2.24, 2.45) is 0 Å². The molecule has 0 saturated carbocycles. The maximum absolute atomic E-state index is 13.4. The van der Waals surface area contributed by atoms with E-state index in [-0.39, 0.29) is 17.8 Å². The van der Waals surface area contributed by atoms with Crippen LogP contribution in [-0.2, 0) is 17.6 Å². The molecule has 0 bridgehead atoms. The first-order valence-electron chi connectivity index (χ1n) is 8.99. The highest BCUT2D eigenvalue weighted by Gasteiger charge is 2.32. The Labute approximate surface area is 150 Å². The van der Waals surface area contributed by atoms with E-state index in [1.54, 1.807) is 12.1 Å². The highest BCUT2D eigenvalue weighted by molar-refractivity contribution is 5.94. The molecule has 0 spiro atoms. The van der Waals surface area contributed by atoms with Crippen LogP contribution in [0.2, 0.25) is 0 Å². The van der Waals surface area contributed by atoms with Crippen LogP contribution in [0.15, 0.2) is 28.8 Å². The minimum absolute atomic E-state index is 0.240. The summed E-state index contributed by atoms with van der Waals surface area (Å²) in [6, 6.07) is 5.71. The Morgan fingerprint density at radius 2 is 2.19 bits per heavy atom. The second-order valence-corrected chi connectivity index (χ2v) is 6.70. The fourth-order valence-corrected chi connectivity index (χ4v) is 3.51. The molecule has 6 nitrogen and oxygen atoms in total. The van der Waals surface area contributed by atoms with Gasteiger partial charge in [-0.25, -0.2) is 4.39 Å². The number of nitrogens with one attached hydrogen (secondary N) is 1. The molecule has 2 atom stereocenters. The molecule has 2 aliphatic rings. The third-order valence-corrected chi connectivity index (χ3v) is 4.87. The van der Waals surface area contributed by atoms with Gasteiger partial charge in [0, 0.05) is 24.7 Å². The lowest BCUT2D eigenvalue weighted by atomic mass is 9.96. The number of aryl methyl sites for hydroxylation is 1. The molecule has 2 heterocycles. The van der Waals surface area contributed by atoms with E-state index in [2.05, 4.69) is 10.5 Å². The predicted octanol–water partition coefficient (Wildman–Crippen LogP) is 2.66. The number of amides is 1. The van der Waals surface area contributed by atoms with Crippen molar-refractivity contribution in [1.82, 2.24) is 10.5 Å². The number of carbonyl (C=O) groups is 1. The lowest BCUT2D eigenvalue weighted by molar-refractivity contribution is -0.0137. The van der Waals surface area contributed by atoms with Gasteiger partial charge in [-0.3, -0.25) is 4.79 Å². The third-order valence-electron chi connectivity index (χ3n) is 4.87. The molecule has 26 heavy (non-hydrogen) atoms. The first-order chi connectivity index (χ1) is 12.7. The van der Waals surface area contributed by atoms with E-state index in [1.165, 1.54) is 12.1 Å². The monoisotopic (exact) mass is 360 g/mol. The SMILES string of the molecule is O=C(N[C@@H]1CCOC[C@H]1Oc1cccc(F)c1)c1noc2c1CCCC2. The number of rotatable bonds is 4. The van der Waals surface area contributed by atoms with E-state index in [0.717, 1.165) is 37.0 Å². The van der Waals surface area contributed by atoms with Gasteiger partial charge in [-0.05, 0) is 37.8 Å². The molecule has 0 unspecified atom stereocenters. The zero-order valence-corrected chi connectivity index (χ0v) is 14.4. The molecule has 4 rings (SSSR count). The highest BCUT2D eigenvalue weighted by atomic mass is 19.1. The molecule has 1 aromatic heterocycles. The van der Waals surface area contributed by atoms with Crippen molar-refractivity contribution in [3.63, 3.8) is 0 Å². The van der Waals surface area contributed by atoms with Crippen LogP contribution in [-0.4, -0.2) is 36.4 Å². The number of carbonyl (C=O) groups excluding carboxylic acids is 1. The lowest BCUT2D eigenvalue weighted by Crippen LogP contribution is -2.51. The molecule has 7 heteroatoms. The van der Waals surface area contributed by atoms with Crippen LogP contribution >= 0.6 is 0 Å². The number of ether oxygens (including phenoxy) is 2. The molecular formula is C19H21FN2O4. The Kier molecular flexibility index (Phi) is 4.88. The Morgan fingerprint density at radius 1 is 1.31 bits per heavy atom. The second-order valence-electron chi connectivity index (χ2n) is 6.70. The van der Waals surface area contributed by atoms with Gasteiger partial charge >= 0.3 is 0 Å². The summed E-state index contributed by atoms with van der Waals surface area (Å²) in [4.78, 5) is 12.7. The molecular weight excluding hydrogens is 339 g/mol. The van der Waals surface area contributed by atoms with E-state index in [4.69, 9.17) is 14.0 Å². The summed E-state index contributed by atoms with van der Waals surface area (Å²) in [7, 11) is 0. The zero-order valence-electron chi connectivity index (χ0n) is 14.4. The van der Waals surface area contributed by atoms with Gasteiger partial charge in [0.25, 0.3) is 5.91 Å². The highest BCUT2D eigenvalue weighted by Crippen LogP contribution is 2.25. The summed E-state index contributed by atoms with van der Waals surface area (Å²) in [5.41, 5.74) is 1.29. The Hall–Kier alpha value is -2.41. The van der Waals surface area contributed by atoms with E-state index >= 15 is 0 Å². The van der Waals surface area contributed by atoms with Gasteiger partial charge in [-0.2, -0.15) is 0 Å². The molecule has 1 aliphatic carbocycles. The summed E-state index contributed by atoms with van der Waals surface area (Å²) in [5.74, 6) is 0.616. The number of hydrogen-bond donors (Lipinski definition) is 1. The van der Waals surface area contributed by atoms with Crippen molar-refractivity contribution in [2.45, 2.75) is 44.2 Å². The number of hydrogen-bond acceptors (Lipinski definition) is 5. The zero-order chi connectivity index (χ0) is 17.9. The quantitative estimate of drug-likeness (QED) is 0.907. The largest absolute Gasteiger partial charge is 0.486 e. The van der Waals surface area contributed by atoms with Crippen molar-refractivity contribution in [3.05, 3.63) is 47.1 Å². The average molecular weight is 360 g/mol. The van der Waals surface area contributed by atoms with Gasteiger partial charge in [0.05, 0.1) is 12.6 Å². The lowest BCUT2D eigenvalue weighted by Gasteiger charge is -2.32. The maximum Gasteiger partial charge on any atom is 0.274 e. The van der Waals surface area contributed by atoms with Gasteiger partial charge in [0.2, 0.25) is 0 Å². The van der Waals surface area contributed by atoms with Crippen molar-refractivity contribution < 1.29 is 23.2 Å². The molecule has 1 saturated heterocycles. The second kappa shape index (κ2) is 7.45. The van der Waals surface area contributed by atoms with Gasteiger partial charge in [0.1, 0.15) is 23.4 Å². The van der Waals surface area contributed by atoms with Crippen LogP contribution in [0, 0.1) is 5.82 Å². The molecule has 0 radical (unpaired) electrons. The summed E-state index contributed by atoms with van der Waals surface area (Å²) >= 11 is 0.